The minimum atomic E-state index is -0.218. The molecule has 1 amide bonds. The van der Waals surface area contributed by atoms with Crippen molar-refractivity contribution in [2.24, 2.45) is 0 Å². The molecule has 3 nitrogen and oxygen atoms in total. The highest BCUT2D eigenvalue weighted by Gasteiger charge is 2.08. The smallest absolute Gasteiger partial charge is 0.255 e. The Balaban J connectivity index is 1.52. The lowest BCUT2D eigenvalue weighted by Gasteiger charge is -2.07. The molecule has 136 valence electrons. The van der Waals surface area contributed by atoms with Gasteiger partial charge in [-0.1, -0.05) is 60.1 Å². The molecule has 0 fully saturated rings. The first-order chi connectivity index (χ1) is 13.1. The van der Waals surface area contributed by atoms with E-state index in [2.05, 4.69) is 5.32 Å². The molecule has 0 unspecified atom stereocenters. The van der Waals surface area contributed by atoms with Crippen molar-refractivity contribution in [3.8, 4) is 0 Å². The molecule has 0 saturated heterocycles. The zero-order valence-electron chi connectivity index (χ0n) is 14.8. The molecule has 0 atom stereocenters. The molecule has 0 spiro atoms. The maximum absolute atomic E-state index is 12.2. The molecule has 3 aromatic carbocycles. The van der Waals surface area contributed by atoms with Gasteiger partial charge in [0.2, 0.25) is 0 Å². The van der Waals surface area contributed by atoms with Gasteiger partial charge in [0, 0.05) is 29.1 Å². The van der Waals surface area contributed by atoms with Crippen LogP contribution >= 0.6 is 11.6 Å². The largest absolute Gasteiger partial charge is 0.322 e. The van der Waals surface area contributed by atoms with E-state index in [1.807, 2.05) is 54.6 Å². The van der Waals surface area contributed by atoms with E-state index in [0.29, 0.717) is 29.1 Å². The fraction of sp³-hybridized carbons (Fsp3) is 0.130. The summed E-state index contributed by atoms with van der Waals surface area (Å²) in [5.41, 5.74) is 3.29. The van der Waals surface area contributed by atoms with Crippen LogP contribution in [0.5, 0.6) is 0 Å². The fourth-order valence-corrected chi connectivity index (χ4v) is 2.97. The van der Waals surface area contributed by atoms with Gasteiger partial charge in [-0.2, -0.15) is 0 Å². The summed E-state index contributed by atoms with van der Waals surface area (Å²) >= 11 is 5.91. The quantitative estimate of drug-likeness (QED) is 0.604. The number of carbonyl (C=O) groups is 2. The van der Waals surface area contributed by atoms with Gasteiger partial charge in [-0.05, 0) is 47.9 Å². The number of amides is 1. The van der Waals surface area contributed by atoms with Crippen molar-refractivity contribution in [1.29, 1.82) is 0 Å². The van der Waals surface area contributed by atoms with Crippen LogP contribution in [0, 0.1) is 0 Å². The van der Waals surface area contributed by atoms with Crippen molar-refractivity contribution in [2.75, 3.05) is 5.32 Å². The van der Waals surface area contributed by atoms with Gasteiger partial charge in [0.25, 0.3) is 5.91 Å². The summed E-state index contributed by atoms with van der Waals surface area (Å²) in [5.74, 6) is -0.0150. The number of aryl methyl sites for hydroxylation is 1. The second-order valence-electron chi connectivity index (χ2n) is 6.36. The summed E-state index contributed by atoms with van der Waals surface area (Å²) in [4.78, 5) is 24.4. The molecule has 0 aliphatic carbocycles. The third-order valence-corrected chi connectivity index (χ3v) is 4.47. The average Bonchev–Trinajstić information content (AvgIpc) is 2.69. The van der Waals surface area contributed by atoms with Gasteiger partial charge in [0.15, 0.2) is 0 Å². The summed E-state index contributed by atoms with van der Waals surface area (Å²) in [6.45, 7) is 0. The first-order valence-electron chi connectivity index (χ1n) is 8.81. The Morgan fingerprint density at radius 3 is 2.26 bits per heavy atom. The van der Waals surface area contributed by atoms with Gasteiger partial charge in [-0.15, -0.1) is 0 Å². The van der Waals surface area contributed by atoms with E-state index in [1.165, 1.54) is 5.56 Å². The van der Waals surface area contributed by atoms with Crippen molar-refractivity contribution >= 4 is 29.0 Å². The first-order valence-corrected chi connectivity index (χ1v) is 9.19. The van der Waals surface area contributed by atoms with Crippen LogP contribution < -0.4 is 5.32 Å². The zero-order chi connectivity index (χ0) is 19.1. The highest BCUT2D eigenvalue weighted by molar-refractivity contribution is 6.31. The lowest BCUT2D eigenvalue weighted by molar-refractivity contribution is -0.118. The Bertz CT molecular complexity index is 921. The normalized spacial score (nSPS) is 10.4. The number of ketones is 1. The van der Waals surface area contributed by atoms with E-state index in [0.717, 1.165) is 12.0 Å². The Hall–Kier alpha value is -2.91. The number of halogens is 1. The number of benzene rings is 3. The molecular weight excluding hydrogens is 358 g/mol. The number of nitrogens with one attached hydrogen (secondary N) is 1. The number of carbonyl (C=O) groups excluding carboxylic acids is 2. The van der Waals surface area contributed by atoms with Crippen molar-refractivity contribution in [3.05, 3.63) is 101 Å². The summed E-state index contributed by atoms with van der Waals surface area (Å²) < 4.78 is 0. The molecule has 0 aliphatic heterocycles. The van der Waals surface area contributed by atoms with Crippen molar-refractivity contribution in [3.63, 3.8) is 0 Å². The lowest BCUT2D eigenvalue weighted by Crippen LogP contribution is -2.11. The Labute approximate surface area is 164 Å². The third-order valence-electron chi connectivity index (χ3n) is 4.24. The van der Waals surface area contributed by atoms with Gasteiger partial charge < -0.3 is 5.32 Å². The van der Waals surface area contributed by atoms with Crippen LogP contribution in [-0.4, -0.2) is 11.7 Å². The molecule has 0 radical (unpaired) electrons. The zero-order valence-corrected chi connectivity index (χ0v) is 15.6. The molecule has 3 rings (SSSR count). The minimum Gasteiger partial charge on any atom is -0.322 e. The predicted octanol–water partition coefficient (Wildman–Crippen LogP) is 5.34. The van der Waals surface area contributed by atoms with E-state index in [1.54, 1.807) is 24.3 Å². The van der Waals surface area contributed by atoms with Crippen LogP contribution in [0.25, 0.3) is 0 Å². The minimum absolute atomic E-state index is 0.203. The number of hydrogen-bond acceptors (Lipinski definition) is 2. The van der Waals surface area contributed by atoms with Crippen LogP contribution in [0.3, 0.4) is 0 Å². The molecule has 0 heterocycles. The molecule has 1 N–H and O–H groups in total. The SMILES string of the molecule is O=C(CCc1ccccc1)Cc1ccc(NC(=O)c2cccc(Cl)c2)cc1. The van der Waals surface area contributed by atoms with E-state index in [-0.39, 0.29) is 11.7 Å². The second kappa shape index (κ2) is 9.15. The number of hydrogen-bond donors (Lipinski definition) is 1. The highest BCUT2D eigenvalue weighted by Crippen LogP contribution is 2.15. The number of rotatable bonds is 7. The monoisotopic (exact) mass is 377 g/mol. The summed E-state index contributed by atoms with van der Waals surface area (Å²) in [6.07, 6.45) is 1.68. The number of Topliss-reactive ketones (excluding diaryl/α,β-unsaturated/α-hetero) is 1. The lowest BCUT2D eigenvalue weighted by atomic mass is 10.0. The van der Waals surface area contributed by atoms with E-state index in [4.69, 9.17) is 11.6 Å². The Kier molecular flexibility index (Phi) is 6.39. The standard InChI is InChI=1S/C23H20ClNO2/c24-20-8-4-7-19(16-20)23(27)25-21-12-9-18(10-13-21)15-22(26)14-11-17-5-2-1-3-6-17/h1-10,12-13,16H,11,14-15H2,(H,25,27). The Morgan fingerprint density at radius 1 is 0.815 bits per heavy atom. The summed E-state index contributed by atoms with van der Waals surface area (Å²) in [6, 6.07) is 24.1. The first kappa shape index (κ1) is 18.9. The van der Waals surface area contributed by atoms with E-state index >= 15 is 0 Å². The number of anilines is 1. The van der Waals surface area contributed by atoms with Gasteiger partial charge in [-0.25, -0.2) is 0 Å². The average molecular weight is 378 g/mol. The molecule has 27 heavy (non-hydrogen) atoms. The van der Waals surface area contributed by atoms with Gasteiger partial charge in [0.05, 0.1) is 0 Å². The van der Waals surface area contributed by atoms with Crippen LogP contribution in [0.1, 0.15) is 27.9 Å². The summed E-state index contributed by atoms with van der Waals surface area (Å²) in [5, 5.41) is 3.35. The van der Waals surface area contributed by atoms with Crippen LogP contribution in [0.2, 0.25) is 5.02 Å². The fourth-order valence-electron chi connectivity index (χ4n) is 2.78. The molecule has 4 heteroatoms. The van der Waals surface area contributed by atoms with E-state index in [9.17, 15) is 9.59 Å². The molecular formula is C23H20ClNO2. The van der Waals surface area contributed by atoms with Crippen molar-refractivity contribution in [2.45, 2.75) is 19.3 Å². The second-order valence-corrected chi connectivity index (χ2v) is 6.80. The van der Waals surface area contributed by atoms with Crippen molar-refractivity contribution in [1.82, 2.24) is 0 Å². The molecule has 0 aliphatic rings. The predicted molar refractivity (Wildman–Crippen MR) is 109 cm³/mol. The molecule has 0 saturated carbocycles. The van der Waals surface area contributed by atoms with Crippen LogP contribution in [0.4, 0.5) is 5.69 Å². The molecule has 0 bridgehead atoms. The van der Waals surface area contributed by atoms with Crippen molar-refractivity contribution < 1.29 is 9.59 Å². The topological polar surface area (TPSA) is 46.2 Å². The maximum Gasteiger partial charge on any atom is 0.255 e. The Morgan fingerprint density at radius 2 is 1.56 bits per heavy atom. The molecule has 0 aromatic heterocycles. The summed E-state index contributed by atoms with van der Waals surface area (Å²) in [7, 11) is 0. The van der Waals surface area contributed by atoms with Crippen LogP contribution in [-0.2, 0) is 17.6 Å². The van der Waals surface area contributed by atoms with Crippen LogP contribution in [0.15, 0.2) is 78.9 Å². The highest BCUT2D eigenvalue weighted by atomic mass is 35.5. The third kappa shape index (κ3) is 5.80. The molecule has 3 aromatic rings. The van der Waals surface area contributed by atoms with Gasteiger partial charge >= 0.3 is 0 Å². The van der Waals surface area contributed by atoms with Gasteiger partial charge in [-0.3, -0.25) is 9.59 Å². The maximum atomic E-state index is 12.2. The van der Waals surface area contributed by atoms with E-state index < -0.39 is 0 Å². The van der Waals surface area contributed by atoms with Gasteiger partial charge in [0.1, 0.15) is 5.78 Å².